The normalized spacial score (nSPS) is 18.9. The number of halogens is 1. The van der Waals surface area contributed by atoms with Gasteiger partial charge in [-0.15, -0.1) is 0 Å². The second-order valence-corrected chi connectivity index (χ2v) is 2.78. The Hall–Kier alpha value is -1.47. The van der Waals surface area contributed by atoms with Gasteiger partial charge in [0.2, 0.25) is 6.08 Å². The van der Waals surface area contributed by atoms with Crippen LogP contribution in [0.15, 0.2) is 23.2 Å². The molecule has 3 heteroatoms. The van der Waals surface area contributed by atoms with Gasteiger partial charge in [-0.25, -0.2) is 9.18 Å². The Morgan fingerprint density at radius 2 is 2.42 bits per heavy atom. The Bertz CT molecular complexity index is 369. The number of carbonyl (C=O) groups excluding carboxylic acids is 1. The molecule has 1 unspecified atom stereocenters. The second kappa shape index (κ2) is 2.54. The van der Waals surface area contributed by atoms with Crippen molar-refractivity contribution in [2.45, 2.75) is 12.5 Å². The van der Waals surface area contributed by atoms with Crippen LogP contribution in [0.4, 0.5) is 4.39 Å². The van der Waals surface area contributed by atoms with Crippen molar-refractivity contribution in [3.8, 4) is 0 Å². The highest BCUT2D eigenvalue weighted by Gasteiger charge is 2.25. The smallest absolute Gasteiger partial charge is 0.211 e. The van der Waals surface area contributed by atoms with Crippen LogP contribution >= 0.6 is 0 Å². The number of aliphatic imine (C=N–C) groups is 1. The molecule has 0 saturated carbocycles. The van der Waals surface area contributed by atoms with Crippen molar-refractivity contribution in [1.29, 1.82) is 0 Å². The molecule has 1 aliphatic carbocycles. The number of benzene rings is 1. The summed E-state index contributed by atoms with van der Waals surface area (Å²) in [7, 11) is 0. The molecule has 0 saturated heterocycles. The Labute approximate surface area is 68.7 Å². The topological polar surface area (TPSA) is 29.4 Å². The number of isocyanates is 1. The van der Waals surface area contributed by atoms with E-state index in [1.54, 1.807) is 6.07 Å². The van der Waals surface area contributed by atoms with Crippen LogP contribution in [0.5, 0.6) is 0 Å². The van der Waals surface area contributed by atoms with Crippen LogP contribution < -0.4 is 0 Å². The van der Waals surface area contributed by atoms with E-state index in [1.807, 2.05) is 0 Å². The summed E-state index contributed by atoms with van der Waals surface area (Å²) in [4.78, 5) is 13.5. The molecule has 0 fully saturated rings. The molecule has 0 amide bonds. The summed E-state index contributed by atoms with van der Waals surface area (Å²) in [6, 6.07) is 4.44. The summed E-state index contributed by atoms with van der Waals surface area (Å²) >= 11 is 0. The SMILES string of the molecule is O=C=NC1Cc2cc(F)ccc21. The molecule has 60 valence electrons. The fourth-order valence-electron chi connectivity index (χ4n) is 1.44. The van der Waals surface area contributed by atoms with E-state index in [-0.39, 0.29) is 11.9 Å². The third-order valence-corrected chi connectivity index (χ3v) is 2.09. The quantitative estimate of drug-likeness (QED) is 0.458. The Morgan fingerprint density at radius 1 is 1.58 bits per heavy atom. The highest BCUT2D eigenvalue weighted by Crippen LogP contribution is 2.35. The minimum Gasteiger partial charge on any atom is -0.211 e. The molecule has 0 N–H and O–H groups in total. The van der Waals surface area contributed by atoms with Gasteiger partial charge >= 0.3 is 0 Å². The molecule has 0 radical (unpaired) electrons. The van der Waals surface area contributed by atoms with E-state index in [1.165, 1.54) is 18.2 Å². The molecule has 0 aromatic heterocycles. The Morgan fingerprint density at radius 3 is 3.08 bits per heavy atom. The third-order valence-electron chi connectivity index (χ3n) is 2.09. The lowest BCUT2D eigenvalue weighted by Gasteiger charge is -2.24. The minimum absolute atomic E-state index is 0.0851. The molecule has 12 heavy (non-hydrogen) atoms. The number of hydrogen-bond donors (Lipinski definition) is 0. The number of rotatable bonds is 1. The Kier molecular flexibility index (Phi) is 1.52. The van der Waals surface area contributed by atoms with Gasteiger partial charge in [0.05, 0.1) is 6.04 Å². The first-order valence-corrected chi connectivity index (χ1v) is 3.66. The summed E-state index contributed by atoms with van der Waals surface area (Å²) in [5.74, 6) is -0.234. The van der Waals surface area contributed by atoms with Crippen LogP contribution in [0, 0.1) is 5.82 Å². The average Bonchev–Trinajstić information content (AvgIpc) is 2.01. The number of hydrogen-bond acceptors (Lipinski definition) is 2. The van der Waals surface area contributed by atoms with Crippen molar-refractivity contribution < 1.29 is 9.18 Å². The lowest BCUT2D eigenvalue weighted by molar-refractivity contribution is 0.548. The fourth-order valence-corrected chi connectivity index (χ4v) is 1.44. The maximum absolute atomic E-state index is 12.6. The van der Waals surface area contributed by atoms with E-state index in [0.29, 0.717) is 6.42 Å². The standard InChI is InChI=1S/C9H6FNO/c10-7-1-2-8-6(3-7)4-9(8)11-5-12/h1-3,9H,4H2. The average molecular weight is 163 g/mol. The number of fused-ring (bicyclic) bond motifs is 1. The summed E-state index contributed by atoms with van der Waals surface area (Å²) in [5, 5.41) is 0. The van der Waals surface area contributed by atoms with Crippen LogP contribution in [0.3, 0.4) is 0 Å². The molecule has 0 spiro atoms. The summed E-state index contributed by atoms with van der Waals surface area (Å²) in [5.41, 5.74) is 1.89. The van der Waals surface area contributed by atoms with Gasteiger partial charge in [-0.05, 0) is 23.3 Å². The van der Waals surface area contributed by atoms with Crippen LogP contribution in [-0.2, 0) is 11.2 Å². The zero-order valence-corrected chi connectivity index (χ0v) is 6.25. The highest BCUT2D eigenvalue weighted by atomic mass is 19.1. The lowest BCUT2D eigenvalue weighted by Crippen LogP contribution is -2.14. The van der Waals surface area contributed by atoms with Crippen LogP contribution in [-0.4, -0.2) is 6.08 Å². The van der Waals surface area contributed by atoms with Crippen molar-refractivity contribution in [1.82, 2.24) is 0 Å². The molecule has 1 aliphatic rings. The zero-order chi connectivity index (χ0) is 8.55. The molecule has 1 aromatic carbocycles. The van der Waals surface area contributed by atoms with E-state index < -0.39 is 0 Å². The van der Waals surface area contributed by atoms with Gasteiger partial charge in [-0.3, -0.25) is 0 Å². The van der Waals surface area contributed by atoms with Crippen LogP contribution in [0.2, 0.25) is 0 Å². The first-order valence-electron chi connectivity index (χ1n) is 3.66. The largest absolute Gasteiger partial charge is 0.235 e. The molecule has 0 bridgehead atoms. The first kappa shape index (κ1) is 7.19. The fraction of sp³-hybridized carbons (Fsp3) is 0.222. The van der Waals surface area contributed by atoms with Gasteiger partial charge in [0.1, 0.15) is 5.82 Å². The maximum atomic E-state index is 12.6. The molecular formula is C9H6FNO. The predicted molar refractivity (Wildman–Crippen MR) is 41.0 cm³/mol. The van der Waals surface area contributed by atoms with Gasteiger partial charge in [0, 0.05) is 6.42 Å². The summed E-state index contributed by atoms with van der Waals surface area (Å²) in [6.45, 7) is 0. The molecular weight excluding hydrogens is 157 g/mol. The number of nitrogens with zero attached hydrogens (tertiary/aromatic N) is 1. The van der Waals surface area contributed by atoms with E-state index in [2.05, 4.69) is 4.99 Å². The van der Waals surface area contributed by atoms with Gasteiger partial charge < -0.3 is 0 Å². The molecule has 1 atom stereocenters. The molecule has 0 heterocycles. The molecule has 0 aliphatic heterocycles. The van der Waals surface area contributed by atoms with Crippen LogP contribution in [0.25, 0.3) is 0 Å². The third kappa shape index (κ3) is 0.953. The van der Waals surface area contributed by atoms with Crippen molar-refractivity contribution in [2.24, 2.45) is 4.99 Å². The second-order valence-electron chi connectivity index (χ2n) is 2.78. The molecule has 2 rings (SSSR count). The van der Waals surface area contributed by atoms with E-state index in [9.17, 15) is 9.18 Å². The van der Waals surface area contributed by atoms with E-state index in [0.717, 1.165) is 11.1 Å². The van der Waals surface area contributed by atoms with Crippen molar-refractivity contribution in [2.75, 3.05) is 0 Å². The lowest BCUT2D eigenvalue weighted by atomic mass is 9.84. The van der Waals surface area contributed by atoms with Gasteiger partial charge in [0.15, 0.2) is 0 Å². The van der Waals surface area contributed by atoms with Crippen LogP contribution in [0.1, 0.15) is 17.2 Å². The molecule has 1 aromatic rings. The zero-order valence-electron chi connectivity index (χ0n) is 6.25. The van der Waals surface area contributed by atoms with Gasteiger partial charge in [-0.2, -0.15) is 4.99 Å². The van der Waals surface area contributed by atoms with Crippen molar-refractivity contribution >= 4 is 6.08 Å². The summed E-state index contributed by atoms with van der Waals surface area (Å²) in [6.07, 6.45) is 2.16. The minimum atomic E-state index is -0.234. The van der Waals surface area contributed by atoms with Crippen molar-refractivity contribution in [3.05, 3.63) is 35.1 Å². The van der Waals surface area contributed by atoms with Gasteiger partial charge in [-0.1, -0.05) is 6.07 Å². The summed E-state index contributed by atoms with van der Waals surface area (Å²) < 4.78 is 12.6. The monoisotopic (exact) mass is 163 g/mol. The Balaban J connectivity index is 2.36. The van der Waals surface area contributed by atoms with Gasteiger partial charge in [0.25, 0.3) is 0 Å². The highest BCUT2D eigenvalue weighted by molar-refractivity contribution is 5.44. The first-order chi connectivity index (χ1) is 5.81. The van der Waals surface area contributed by atoms with E-state index >= 15 is 0 Å². The maximum Gasteiger partial charge on any atom is 0.235 e. The molecule has 2 nitrogen and oxygen atoms in total. The van der Waals surface area contributed by atoms with E-state index in [4.69, 9.17) is 0 Å². The predicted octanol–water partition coefficient (Wildman–Crippen LogP) is 1.76. The van der Waals surface area contributed by atoms with Crippen molar-refractivity contribution in [3.63, 3.8) is 0 Å².